The summed E-state index contributed by atoms with van der Waals surface area (Å²) in [7, 11) is 1.99. The van der Waals surface area contributed by atoms with E-state index in [0.717, 1.165) is 43.9 Å². The van der Waals surface area contributed by atoms with Crippen LogP contribution in [0.4, 0.5) is 0 Å². The zero-order chi connectivity index (χ0) is 17.7. The lowest BCUT2D eigenvalue weighted by Gasteiger charge is -2.19. The number of hydrogen-bond acceptors (Lipinski definition) is 3. The van der Waals surface area contributed by atoms with Crippen LogP contribution in [0.2, 0.25) is 0 Å². The molecule has 1 fully saturated rings. The van der Waals surface area contributed by atoms with Crippen molar-refractivity contribution in [2.24, 2.45) is 18.0 Å². The van der Waals surface area contributed by atoms with E-state index in [0.29, 0.717) is 12.5 Å². The Hall–Kier alpha value is -0.830. The third-order valence-corrected chi connectivity index (χ3v) is 5.00. The second-order valence-electron chi connectivity index (χ2n) is 7.00. The molecule has 3 atom stereocenters. The summed E-state index contributed by atoms with van der Waals surface area (Å²) in [5, 5.41) is 21.2. The molecule has 0 amide bonds. The van der Waals surface area contributed by atoms with Gasteiger partial charge in [0.1, 0.15) is 0 Å². The van der Waals surface area contributed by atoms with E-state index in [1.54, 1.807) is 0 Å². The highest BCUT2D eigenvalue weighted by atomic mass is 127. The summed E-state index contributed by atoms with van der Waals surface area (Å²) >= 11 is 0. The minimum atomic E-state index is -0.185. The van der Waals surface area contributed by atoms with Crippen LogP contribution in [-0.2, 0) is 13.5 Å². The molecule has 1 heterocycles. The fourth-order valence-corrected chi connectivity index (χ4v) is 3.46. The third-order valence-electron chi connectivity index (χ3n) is 5.00. The summed E-state index contributed by atoms with van der Waals surface area (Å²) in [4.78, 5) is 4.69. The molecule has 0 saturated heterocycles. The maximum atomic E-state index is 9.95. The maximum absolute atomic E-state index is 9.95. The van der Waals surface area contributed by atoms with Crippen molar-refractivity contribution in [1.82, 2.24) is 20.4 Å². The molecule has 1 aromatic heterocycles. The lowest BCUT2D eigenvalue weighted by Crippen LogP contribution is -2.43. The molecule has 25 heavy (non-hydrogen) atoms. The molecular weight excluding hydrogens is 429 g/mol. The van der Waals surface area contributed by atoms with Gasteiger partial charge in [-0.1, -0.05) is 6.42 Å². The van der Waals surface area contributed by atoms with Crippen molar-refractivity contribution < 1.29 is 5.11 Å². The number of nitrogens with one attached hydrogen (secondary N) is 2. The summed E-state index contributed by atoms with van der Waals surface area (Å²) in [5.41, 5.74) is 3.62. The highest BCUT2D eigenvalue weighted by molar-refractivity contribution is 14.0. The molecule has 1 aliphatic rings. The Morgan fingerprint density at radius 3 is 2.64 bits per heavy atom. The average molecular weight is 463 g/mol. The molecule has 1 saturated carbocycles. The molecule has 2 rings (SSSR count). The van der Waals surface area contributed by atoms with Crippen molar-refractivity contribution >= 4 is 29.9 Å². The van der Waals surface area contributed by atoms with Crippen molar-refractivity contribution in [2.45, 2.75) is 65.5 Å². The first-order valence-electron chi connectivity index (χ1n) is 9.14. The third kappa shape index (κ3) is 6.13. The number of nitrogens with zero attached hydrogens (tertiary/aromatic N) is 3. The maximum Gasteiger partial charge on any atom is 0.191 e. The molecule has 0 spiro atoms. The molecule has 6 nitrogen and oxygen atoms in total. The normalized spacial score (nSPS) is 21.8. The number of aliphatic hydroxyl groups excluding tert-OH is 1. The SMILES string of the molecule is CCNC(=NCC1CCCC1O)NC(C)Cc1c(C)nn(C)c1C.I. The number of aliphatic imine (C=N–C) groups is 1. The van der Waals surface area contributed by atoms with E-state index in [1.807, 2.05) is 11.7 Å². The predicted molar refractivity (Wildman–Crippen MR) is 114 cm³/mol. The molecule has 7 heteroatoms. The summed E-state index contributed by atoms with van der Waals surface area (Å²) < 4.78 is 1.94. The van der Waals surface area contributed by atoms with Crippen molar-refractivity contribution in [1.29, 1.82) is 0 Å². The van der Waals surface area contributed by atoms with Crippen LogP contribution >= 0.6 is 24.0 Å². The zero-order valence-corrected chi connectivity index (χ0v) is 18.5. The Balaban J connectivity index is 0.00000312. The van der Waals surface area contributed by atoms with Gasteiger partial charge in [0.25, 0.3) is 0 Å². The van der Waals surface area contributed by atoms with E-state index in [9.17, 15) is 5.11 Å². The highest BCUT2D eigenvalue weighted by Gasteiger charge is 2.24. The van der Waals surface area contributed by atoms with Crippen LogP contribution in [0.15, 0.2) is 4.99 Å². The predicted octanol–water partition coefficient (Wildman–Crippen LogP) is 2.30. The largest absolute Gasteiger partial charge is 0.393 e. The van der Waals surface area contributed by atoms with Crippen LogP contribution < -0.4 is 10.6 Å². The van der Waals surface area contributed by atoms with Gasteiger partial charge in [0.2, 0.25) is 0 Å². The first-order chi connectivity index (χ1) is 11.4. The minimum Gasteiger partial charge on any atom is -0.393 e. The zero-order valence-electron chi connectivity index (χ0n) is 16.2. The second kappa shape index (κ2) is 10.4. The summed E-state index contributed by atoms with van der Waals surface area (Å²) in [6, 6.07) is 0.262. The first-order valence-corrected chi connectivity index (χ1v) is 9.14. The van der Waals surface area contributed by atoms with Crippen LogP contribution in [0.25, 0.3) is 0 Å². The number of aryl methyl sites for hydroxylation is 2. The van der Waals surface area contributed by atoms with Crippen molar-refractivity contribution in [3.05, 3.63) is 17.0 Å². The van der Waals surface area contributed by atoms with Crippen molar-refractivity contribution in [3.63, 3.8) is 0 Å². The quantitative estimate of drug-likeness (QED) is 0.344. The number of rotatable bonds is 6. The van der Waals surface area contributed by atoms with Gasteiger partial charge < -0.3 is 15.7 Å². The van der Waals surface area contributed by atoms with Gasteiger partial charge in [-0.25, -0.2) is 0 Å². The summed E-state index contributed by atoms with van der Waals surface area (Å²) in [6.07, 6.45) is 3.84. The summed E-state index contributed by atoms with van der Waals surface area (Å²) in [6.45, 7) is 9.94. The Labute approximate surface area is 168 Å². The lowest BCUT2D eigenvalue weighted by molar-refractivity contribution is 0.136. The van der Waals surface area contributed by atoms with Gasteiger partial charge in [0, 0.05) is 37.8 Å². The number of aliphatic hydroxyl groups is 1. The highest BCUT2D eigenvalue weighted by Crippen LogP contribution is 2.25. The Morgan fingerprint density at radius 2 is 2.12 bits per heavy atom. The Morgan fingerprint density at radius 1 is 1.40 bits per heavy atom. The molecule has 144 valence electrons. The molecule has 0 radical (unpaired) electrons. The lowest BCUT2D eigenvalue weighted by atomic mass is 10.1. The van der Waals surface area contributed by atoms with Crippen LogP contribution in [0, 0.1) is 19.8 Å². The van der Waals surface area contributed by atoms with Gasteiger partial charge in [-0.3, -0.25) is 9.67 Å². The smallest absolute Gasteiger partial charge is 0.191 e. The minimum absolute atomic E-state index is 0. The molecule has 3 N–H and O–H groups in total. The number of aromatic nitrogens is 2. The van der Waals surface area contributed by atoms with Crippen molar-refractivity contribution in [2.75, 3.05) is 13.1 Å². The monoisotopic (exact) mass is 463 g/mol. The van der Waals surface area contributed by atoms with Gasteiger partial charge in [-0.15, -0.1) is 24.0 Å². The standard InChI is InChI=1S/C18H33N5O.HI/c1-6-19-18(20-11-15-8-7-9-17(15)24)21-12(2)10-16-13(3)22-23(5)14(16)4;/h12,15,17,24H,6-11H2,1-5H3,(H2,19,20,21);1H. The topological polar surface area (TPSA) is 74.5 Å². The number of hydrogen-bond donors (Lipinski definition) is 3. The van der Waals surface area contributed by atoms with E-state index in [2.05, 4.69) is 43.4 Å². The fourth-order valence-electron chi connectivity index (χ4n) is 3.46. The molecular formula is C18H34IN5O. The summed E-state index contributed by atoms with van der Waals surface area (Å²) in [5.74, 6) is 1.14. The second-order valence-corrected chi connectivity index (χ2v) is 7.00. The molecule has 0 bridgehead atoms. The Kier molecular flexibility index (Phi) is 9.20. The molecule has 1 aliphatic carbocycles. The molecule has 3 unspecified atom stereocenters. The average Bonchev–Trinajstić information content (AvgIpc) is 3.03. The number of guanidine groups is 1. The van der Waals surface area contributed by atoms with Crippen LogP contribution in [0.3, 0.4) is 0 Å². The van der Waals surface area contributed by atoms with Gasteiger partial charge >= 0.3 is 0 Å². The molecule has 0 aliphatic heterocycles. The van der Waals surface area contributed by atoms with Gasteiger partial charge in [-0.05, 0) is 52.5 Å². The van der Waals surface area contributed by atoms with Crippen LogP contribution in [0.5, 0.6) is 0 Å². The van der Waals surface area contributed by atoms with Crippen LogP contribution in [-0.4, -0.2) is 46.1 Å². The van der Waals surface area contributed by atoms with Crippen molar-refractivity contribution in [3.8, 4) is 0 Å². The van der Waals surface area contributed by atoms with Gasteiger partial charge in [0.15, 0.2) is 5.96 Å². The van der Waals surface area contributed by atoms with Crippen LogP contribution in [0.1, 0.15) is 50.1 Å². The molecule has 0 aromatic carbocycles. The molecule has 1 aromatic rings. The van der Waals surface area contributed by atoms with E-state index in [-0.39, 0.29) is 36.1 Å². The van der Waals surface area contributed by atoms with E-state index in [4.69, 9.17) is 4.99 Å². The Bertz CT molecular complexity index is 572. The van der Waals surface area contributed by atoms with Gasteiger partial charge in [-0.2, -0.15) is 5.10 Å². The van der Waals surface area contributed by atoms with E-state index < -0.39 is 0 Å². The fraction of sp³-hybridized carbons (Fsp3) is 0.778. The van der Waals surface area contributed by atoms with E-state index in [1.165, 1.54) is 11.3 Å². The van der Waals surface area contributed by atoms with Gasteiger partial charge in [0.05, 0.1) is 11.8 Å². The first kappa shape index (κ1) is 22.2. The number of halogens is 1. The van der Waals surface area contributed by atoms with E-state index >= 15 is 0 Å².